The Bertz CT molecular complexity index is 1010. The van der Waals surface area contributed by atoms with Crippen LogP contribution in [0.1, 0.15) is 11.1 Å². The van der Waals surface area contributed by atoms with Gasteiger partial charge in [-0.2, -0.15) is 0 Å². The molecule has 0 fully saturated rings. The number of benzene rings is 2. The summed E-state index contributed by atoms with van der Waals surface area (Å²) in [5.74, 6) is -0.755. The smallest absolute Gasteiger partial charge is 0.250 e. The highest BCUT2D eigenvalue weighted by atomic mass is 35.5. The lowest BCUT2D eigenvalue weighted by Crippen LogP contribution is -2.76. The second-order valence-corrected chi connectivity index (χ2v) is 9.54. The molecule has 1 amide bonds. The molecule has 10 radical (unpaired) electrons. The molecule has 15 heteroatoms. The van der Waals surface area contributed by atoms with Gasteiger partial charge in [0.2, 0.25) is 11.2 Å². The number of nitrogens with zero attached hydrogens (tertiary/aromatic N) is 1. The molecule has 0 heterocycles. The number of anilines is 1. The largest absolute Gasteiger partial charge is 0.380 e. The van der Waals surface area contributed by atoms with Crippen LogP contribution >= 0.6 is 23.2 Å². The van der Waals surface area contributed by atoms with Gasteiger partial charge in [0.15, 0.2) is 0 Å². The minimum absolute atomic E-state index is 0.110. The van der Waals surface area contributed by atoms with Gasteiger partial charge in [-0.25, -0.2) is 4.39 Å². The van der Waals surface area contributed by atoms with Crippen molar-refractivity contribution in [3.8, 4) is 0 Å². The van der Waals surface area contributed by atoms with Crippen LogP contribution < -0.4 is 16.0 Å². The Morgan fingerprint density at radius 3 is 1.94 bits per heavy atom. The number of halogens is 3. The molecule has 2 aromatic carbocycles. The molecule has 2 aromatic rings. The predicted octanol–water partition coefficient (Wildman–Crippen LogP) is -1.23. The summed E-state index contributed by atoms with van der Waals surface area (Å²) in [5.41, 5.74) is 4.35. The van der Waals surface area contributed by atoms with Crippen molar-refractivity contribution in [2.24, 2.45) is 5.73 Å². The first-order chi connectivity index (χ1) is 16.4. The number of carbonyl (C=O) groups excluding carboxylic acids is 1. The maximum atomic E-state index is 13.0. The van der Waals surface area contributed by atoms with Gasteiger partial charge in [-0.15, -0.1) is 11.6 Å². The van der Waals surface area contributed by atoms with Crippen LogP contribution in [0.25, 0.3) is 0 Å². The topological polar surface area (TPSA) is 119 Å². The fourth-order valence-corrected chi connectivity index (χ4v) is 3.42. The predicted molar refractivity (Wildman–Crippen MR) is 142 cm³/mol. The number of nitrogens with two attached hydrogens (primary N) is 1. The van der Waals surface area contributed by atoms with Crippen LogP contribution in [-0.2, 0) is 17.6 Å². The first-order valence-electron chi connectivity index (χ1n) is 10.5. The van der Waals surface area contributed by atoms with E-state index in [-0.39, 0.29) is 17.9 Å². The minimum Gasteiger partial charge on any atom is -0.380 e. The number of nitrogens with one attached hydrogen (secondary N) is 1. The monoisotopic (exact) mass is 523 g/mol. The van der Waals surface area contributed by atoms with E-state index < -0.39 is 32.8 Å². The summed E-state index contributed by atoms with van der Waals surface area (Å²) in [4.78, 5) is 12.8. The van der Waals surface area contributed by atoms with Crippen molar-refractivity contribution in [1.82, 2.24) is 5.32 Å². The molecule has 0 spiro atoms. The van der Waals surface area contributed by atoms with Crippen LogP contribution in [0.4, 0.5) is 10.1 Å². The number of amides is 1. The van der Waals surface area contributed by atoms with Gasteiger partial charge in [-0.3, -0.25) is 4.79 Å². The van der Waals surface area contributed by atoms with Crippen molar-refractivity contribution in [2.45, 2.75) is 39.8 Å². The van der Waals surface area contributed by atoms with Crippen LogP contribution in [0.15, 0.2) is 48.5 Å². The molecule has 0 bridgehead atoms. The highest BCUT2D eigenvalue weighted by Crippen LogP contribution is 2.38. The molecular formula is C21H21B5Cl2FN3O4. The summed E-state index contributed by atoms with van der Waals surface area (Å²) >= 11 is 11.3. The van der Waals surface area contributed by atoms with Gasteiger partial charge in [0.1, 0.15) is 13.7 Å². The number of alkyl halides is 2. The van der Waals surface area contributed by atoms with Gasteiger partial charge >= 0.3 is 0 Å². The highest BCUT2D eigenvalue weighted by Gasteiger charge is 2.53. The van der Waals surface area contributed by atoms with E-state index in [2.05, 4.69) is 5.32 Å². The molecule has 7 nitrogen and oxygen atoms in total. The van der Waals surface area contributed by atoms with Crippen molar-refractivity contribution in [3.05, 3.63) is 65.5 Å². The van der Waals surface area contributed by atoms with E-state index in [1.54, 1.807) is 12.1 Å². The van der Waals surface area contributed by atoms with Crippen LogP contribution in [0, 0.1) is 5.82 Å². The standard InChI is InChI=1S/C21H21B5Cl2FN3O4/c22-18(23,27)20(26,34)32(19(24,25)21(28,35)36)15-7-3-13(4-8-15)11-16(30)17(33)31-10-9-12-1-5-14(29)6-2-12/h1-8,16,34-36H,9-11,30H2,(H,31,33)/t16-,20?/m0/s1. The second-order valence-electron chi connectivity index (χ2n) is 8.39. The molecule has 6 N–H and O–H groups in total. The zero-order valence-electron chi connectivity index (χ0n) is 19.1. The number of aliphatic hydroxyl groups is 3. The SMILES string of the molecule is [B]C([B])(Cl)C([B])(O)N(c1ccc(C[C@H](N)C(=O)NCCc2ccc(F)cc2)cc1)C([B])([B])C(O)(O)Cl. The van der Waals surface area contributed by atoms with Gasteiger partial charge < -0.3 is 31.3 Å². The number of rotatable bonds is 11. The van der Waals surface area contributed by atoms with E-state index in [0.717, 1.165) is 5.56 Å². The normalized spacial score (nSPS) is 15.1. The first kappa shape index (κ1) is 30.6. The Morgan fingerprint density at radius 2 is 1.47 bits per heavy atom. The molecular weight excluding hydrogens is 502 g/mol. The molecule has 0 saturated carbocycles. The van der Waals surface area contributed by atoms with Crippen LogP contribution in [0.3, 0.4) is 0 Å². The molecule has 0 aromatic heterocycles. The average molecular weight is 523 g/mol. The maximum absolute atomic E-state index is 13.0. The highest BCUT2D eigenvalue weighted by molar-refractivity contribution is 6.66. The summed E-state index contributed by atoms with van der Waals surface area (Å²) in [6.07, 6.45) is 0.603. The Morgan fingerprint density at radius 1 is 0.972 bits per heavy atom. The van der Waals surface area contributed by atoms with E-state index in [9.17, 15) is 24.5 Å². The Labute approximate surface area is 225 Å². The summed E-state index contributed by atoms with van der Waals surface area (Å²) in [5, 5.41) is 26.9. The van der Waals surface area contributed by atoms with E-state index >= 15 is 0 Å². The average Bonchev–Trinajstić information content (AvgIpc) is 2.74. The molecule has 0 aliphatic heterocycles. The molecule has 180 valence electrons. The quantitative estimate of drug-likeness (QED) is 0.143. The zero-order chi connectivity index (χ0) is 27.5. The van der Waals surface area contributed by atoms with Crippen molar-refractivity contribution in [3.63, 3.8) is 0 Å². The van der Waals surface area contributed by atoms with Crippen molar-refractivity contribution < 1.29 is 24.5 Å². The van der Waals surface area contributed by atoms with Gasteiger partial charge in [-0.05, 0) is 48.2 Å². The van der Waals surface area contributed by atoms with Crippen LogP contribution in [0.2, 0.25) is 0 Å². The Kier molecular flexibility index (Phi) is 9.70. The van der Waals surface area contributed by atoms with E-state index in [0.29, 0.717) is 23.4 Å². The van der Waals surface area contributed by atoms with Crippen LogP contribution in [-0.4, -0.2) is 93.9 Å². The molecule has 0 saturated heterocycles. The number of carbonyl (C=O) groups is 1. The van der Waals surface area contributed by atoms with Gasteiger partial charge in [-0.1, -0.05) is 35.9 Å². The Balaban J connectivity index is 2.13. The van der Waals surface area contributed by atoms with E-state index in [1.165, 1.54) is 36.4 Å². The molecule has 2 atom stereocenters. The third kappa shape index (κ3) is 7.24. The minimum atomic E-state index is -3.34. The molecule has 1 unspecified atom stereocenters. The Hall–Kier alpha value is -1.62. The fourth-order valence-electron chi connectivity index (χ4n) is 3.25. The summed E-state index contributed by atoms with van der Waals surface area (Å²) in [6, 6.07) is 10.6. The summed E-state index contributed by atoms with van der Waals surface area (Å²) < 4.78 is 10.4. The molecule has 0 aliphatic rings. The first-order valence-corrected chi connectivity index (χ1v) is 11.3. The van der Waals surface area contributed by atoms with Crippen LogP contribution in [0.5, 0.6) is 0 Å². The molecule has 36 heavy (non-hydrogen) atoms. The van der Waals surface area contributed by atoms with E-state index in [1.807, 2.05) is 0 Å². The van der Waals surface area contributed by atoms with Crippen molar-refractivity contribution in [1.29, 1.82) is 0 Å². The summed E-state index contributed by atoms with van der Waals surface area (Å²) in [7, 11) is 28.4. The lowest BCUT2D eigenvalue weighted by atomic mass is 9.51. The summed E-state index contributed by atoms with van der Waals surface area (Å²) in [6.45, 7) is 0.303. The van der Waals surface area contributed by atoms with Crippen molar-refractivity contribution >= 4 is 74.0 Å². The second kappa shape index (κ2) is 11.4. The van der Waals surface area contributed by atoms with Gasteiger partial charge in [0.25, 0.3) is 0 Å². The van der Waals surface area contributed by atoms with Gasteiger partial charge in [0, 0.05) is 22.2 Å². The lowest BCUT2D eigenvalue weighted by Gasteiger charge is -2.57. The third-order valence-electron chi connectivity index (χ3n) is 5.40. The lowest BCUT2D eigenvalue weighted by molar-refractivity contribution is -0.122. The molecule has 0 aliphatic carbocycles. The third-order valence-corrected chi connectivity index (χ3v) is 5.98. The molecule has 2 rings (SSSR count). The van der Waals surface area contributed by atoms with Crippen molar-refractivity contribution in [2.75, 3.05) is 11.4 Å². The fraction of sp³-hybridized carbons (Fsp3) is 0.381. The number of hydrogen-bond acceptors (Lipinski definition) is 6. The van der Waals surface area contributed by atoms with Gasteiger partial charge in [0.05, 0.1) is 43.1 Å². The number of hydrogen-bond donors (Lipinski definition) is 5. The van der Waals surface area contributed by atoms with E-state index in [4.69, 9.17) is 68.2 Å². The maximum Gasteiger partial charge on any atom is 0.250 e. The zero-order valence-corrected chi connectivity index (χ0v) is 20.6.